The first-order valence-electron chi connectivity index (χ1n) is 17.5. The van der Waals surface area contributed by atoms with E-state index < -0.39 is 18.3 Å². The van der Waals surface area contributed by atoms with Gasteiger partial charge in [0.05, 0.1) is 0 Å². The SMILES string of the molecule is Cl.Cl.[CH2]=[Zr]([C]1=CC=CC1)([c]1cc(C(C)(C)C)cc2c1Cc1ccc(C(C)(C)C)cc1-2)([CH](C)C1CCCC1)[CH](C)C1CCCC1. The van der Waals surface area contributed by atoms with Gasteiger partial charge in [0, 0.05) is 0 Å². The molecule has 2 unspecified atom stereocenters. The van der Waals surface area contributed by atoms with E-state index in [9.17, 15) is 0 Å². The first-order valence-corrected chi connectivity index (χ1v) is 24.5. The molecule has 2 aromatic rings. The Morgan fingerprint density at radius 2 is 1.25 bits per heavy atom. The number of halogens is 2. The Morgan fingerprint density at radius 3 is 1.73 bits per heavy atom. The van der Waals surface area contributed by atoms with Crippen LogP contribution in [0, 0.1) is 11.8 Å². The second kappa shape index (κ2) is 12.7. The Balaban J connectivity index is 0.00000221. The van der Waals surface area contributed by atoms with Crippen LogP contribution in [0.25, 0.3) is 11.1 Å². The van der Waals surface area contributed by atoms with Gasteiger partial charge in [0.1, 0.15) is 0 Å². The number of hydrogen-bond acceptors (Lipinski definition) is 0. The fourth-order valence-corrected chi connectivity index (χ4v) is 31.5. The summed E-state index contributed by atoms with van der Waals surface area (Å²) in [4.78, 5) is 0. The topological polar surface area (TPSA) is 0 Å². The van der Waals surface area contributed by atoms with Crippen LogP contribution in [-0.4, -0.2) is 4.21 Å². The number of allylic oxidation sites excluding steroid dienone is 4. The van der Waals surface area contributed by atoms with Gasteiger partial charge in [-0.3, -0.25) is 0 Å². The summed E-state index contributed by atoms with van der Waals surface area (Å²) in [6.45, 7) is 19.8. The third-order valence-electron chi connectivity index (χ3n) is 13.2. The minimum atomic E-state index is -4.27. The van der Waals surface area contributed by atoms with Crippen LogP contribution in [0.15, 0.2) is 51.8 Å². The van der Waals surface area contributed by atoms with E-state index in [1.54, 1.807) is 17.7 Å². The van der Waals surface area contributed by atoms with Crippen LogP contribution in [0.1, 0.15) is 135 Å². The predicted octanol–water partition coefficient (Wildman–Crippen LogP) is 12.3. The van der Waals surface area contributed by atoms with Gasteiger partial charge in [-0.05, 0) is 0 Å². The minimum absolute atomic E-state index is 0. The van der Waals surface area contributed by atoms with Crippen molar-refractivity contribution in [1.29, 1.82) is 0 Å². The molecule has 0 amide bonds. The number of fused-ring (bicyclic) bond motifs is 3. The van der Waals surface area contributed by atoms with E-state index in [2.05, 4.69) is 104 Å². The maximum absolute atomic E-state index is 5.96. The number of benzene rings is 2. The van der Waals surface area contributed by atoms with Gasteiger partial charge < -0.3 is 0 Å². The van der Waals surface area contributed by atoms with Crippen LogP contribution < -0.4 is 3.27 Å². The summed E-state index contributed by atoms with van der Waals surface area (Å²) in [6, 6.07) is 12.8. The zero-order valence-electron chi connectivity index (χ0n) is 29.0. The summed E-state index contributed by atoms with van der Waals surface area (Å²) in [5, 5.41) is 0. The van der Waals surface area contributed by atoms with Gasteiger partial charge in [0.15, 0.2) is 0 Å². The van der Waals surface area contributed by atoms with Crippen molar-refractivity contribution in [2.24, 2.45) is 11.8 Å². The van der Waals surface area contributed by atoms with Crippen LogP contribution in [-0.2, 0) is 35.5 Å². The molecule has 0 nitrogen and oxygen atoms in total. The molecule has 0 saturated heterocycles. The molecule has 6 rings (SSSR count). The number of hydrogen-bond donors (Lipinski definition) is 0. The Morgan fingerprint density at radius 1 is 0.727 bits per heavy atom. The van der Waals surface area contributed by atoms with Gasteiger partial charge in [-0.15, -0.1) is 24.8 Å². The van der Waals surface area contributed by atoms with Crippen molar-refractivity contribution in [1.82, 2.24) is 0 Å². The molecule has 0 radical (unpaired) electrons. The molecule has 0 spiro atoms. The van der Waals surface area contributed by atoms with Gasteiger partial charge in [0.25, 0.3) is 0 Å². The van der Waals surface area contributed by atoms with Gasteiger partial charge in [-0.25, -0.2) is 0 Å². The van der Waals surface area contributed by atoms with Gasteiger partial charge in [-0.1, -0.05) is 0 Å². The molecule has 2 fully saturated rings. The summed E-state index contributed by atoms with van der Waals surface area (Å²) in [5.41, 5.74) is 9.49. The third-order valence-corrected chi connectivity index (χ3v) is 34.6. The summed E-state index contributed by atoms with van der Waals surface area (Å²) in [6.07, 6.45) is 21.0. The van der Waals surface area contributed by atoms with Crippen LogP contribution in [0.4, 0.5) is 0 Å². The average Bonchev–Trinajstić information content (AvgIpc) is 3.76. The fourth-order valence-electron chi connectivity index (χ4n) is 10.2. The van der Waals surface area contributed by atoms with Crippen LogP contribution in [0.2, 0.25) is 7.25 Å². The zero-order chi connectivity index (χ0) is 30.1. The second-order valence-corrected chi connectivity index (χ2v) is 32.6. The quantitative estimate of drug-likeness (QED) is 0.238. The van der Waals surface area contributed by atoms with Gasteiger partial charge in [0.2, 0.25) is 0 Å². The summed E-state index contributed by atoms with van der Waals surface area (Å²) in [7, 11) is 0. The van der Waals surface area contributed by atoms with E-state index in [-0.39, 0.29) is 35.6 Å². The van der Waals surface area contributed by atoms with E-state index in [0.717, 1.165) is 24.7 Å². The zero-order valence-corrected chi connectivity index (χ0v) is 33.1. The fraction of sp³-hybridized carbons (Fsp3) is 0.585. The monoisotopic (exact) mass is 712 g/mol. The Hall–Kier alpha value is -0.747. The molecule has 0 aliphatic heterocycles. The molecular weight excluding hydrogens is 655 g/mol. The van der Waals surface area contributed by atoms with Gasteiger partial charge in [-0.2, -0.15) is 0 Å². The van der Waals surface area contributed by atoms with Crippen molar-refractivity contribution in [3.8, 4) is 11.1 Å². The van der Waals surface area contributed by atoms with Crippen molar-refractivity contribution < 1.29 is 18.3 Å². The van der Waals surface area contributed by atoms with Crippen molar-refractivity contribution in [2.45, 2.75) is 138 Å². The van der Waals surface area contributed by atoms with E-state index in [0.29, 0.717) is 7.25 Å². The molecule has 0 aromatic heterocycles. The Kier molecular flexibility index (Phi) is 10.4. The van der Waals surface area contributed by atoms with E-state index >= 15 is 0 Å². The number of rotatable bonds is 6. The molecule has 2 saturated carbocycles. The maximum atomic E-state index is 5.96. The van der Waals surface area contributed by atoms with E-state index in [4.69, 9.17) is 4.21 Å². The molecule has 44 heavy (non-hydrogen) atoms. The van der Waals surface area contributed by atoms with Crippen molar-refractivity contribution in [3.63, 3.8) is 0 Å². The summed E-state index contributed by atoms with van der Waals surface area (Å²) < 4.78 is 11.0. The first-order chi connectivity index (χ1) is 19.7. The standard InChI is InChI=1S/C21H25.2C7H13.C5H5.CH2.2ClH.Zr/c1-20(2,3)16-9-7-14-11-15-8-10-17(21(4,5)6)13-19(15)18(14)12-16;2*1-2-7-5-3-4-6-7;1-2-4-5-3-1;;;;/h7,9-10,12-13H,11H2,1-6H3;2*2,7H,3-6H2,1H3;1-3H,4H2;1H2;2*1H;. The van der Waals surface area contributed by atoms with Crippen LogP contribution in [0.3, 0.4) is 0 Å². The molecule has 2 aromatic carbocycles. The van der Waals surface area contributed by atoms with Crippen molar-refractivity contribution >= 4 is 32.3 Å². The normalized spacial score (nSPS) is 20.5. The molecule has 0 heterocycles. The molecular formula is C41H60Cl2Zr. The molecule has 0 N–H and O–H groups in total. The van der Waals surface area contributed by atoms with E-state index in [1.807, 2.05) is 0 Å². The molecule has 4 aliphatic carbocycles. The molecule has 4 aliphatic rings. The molecule has 2 atom stereocenters. The Labute approximate surface area is 283 Å². The van der Waals surface area contributed by atoms with Gasteiger partial charge >= 0.3 is 261 Å². The average molecular weight is 715 g/mol. The third kappa shape index (κ3) is 5.60. The second-order valence-electron chi connectivity index (χ2n) is 17.2. The van der Waals surface area contributed by atoms with Crippen molar-refractivity contribution in [3.05, 3.63) is 74.1 Å². The molecule has 242 valence electrons. The first kappa shape index (κ1) is 36.1. The Bertz CT molecular complexity index is 1470. The van der Waals surface area contributed by atoms with Crippen LogP contribution >= 0.6 is 24.8 Å². The molecule has 3 heteroatoms. The summed E-state index contributed by atoms with van der Waals surface area (Å²) >= 11 is -4.27. The van der Waals surface area contributed by atoms with Crippen molar-refractivity contribution in [2.75, 3.05) is 0 Å². The van der Waals surface area contributed by atoms with Crippen LogP contribution in [0.5, 0.6) is 0 Å². The van der Waals surface area contributed by atoms with E-state index in [1.165, 1.54) is 73.6 Å². The summed E-state index contributed by atoms with van der Waals surface area (Å²) in [5.74, 6) is 1.65. The predicted molar refractivity (Wildman–Crippen MR) is 198 cm³/mol. The molecule has 0 bridgehead atoms.